The summed E-state index contributed by atoms with van der Waals surface area (Å²) >= 11 is 7.35. The maximum Gasteiger partial charge on any atom is 0.259 e. The maximum atomic E-state index is 14.7. The first-order valence-corrected chi connectivity index (χ1v) is 13.1. The fraction of sp³-hybridized carbons (Fsp3) is 0.308. The van der Waals surface area contributed by atoms with Gasteiger partial charge in [-0.15, -0.1) is 0 Å². The number of hydrogen-bond acceptors (Lipinski definition) is 7. The van der Waals surface area contributed by atoms with Crippen molar-refractivity contribution in [3.63, 3.8) is 0 Å². The number of rotatable bonds is 8. The van der Waals surface area contributed by atoms with Gasteiger partial charge in [-0.2, -0.15) is 0 Å². The van der Waals surface area contributed by atoms with Crippen molar-refractivity contribution in [3.05, 3.63) is 74.3 Å². The van der Waals surface area contributed by atoms with Crippen LogP contribution in [0.25, 0.3) is 0 Å². The Morgan fingerprint density at radius 2 is 1.89 bits per heavy atom. The number of halogens is 2. The lowest BCUT2D eigenvalue weighted by atomic mass is 10.1. The second-order valence-electron chi connectivity index (χ2n) is 8.34. The van der Waals surface area contributed by atoms with Crippen LogP contribution in [-0.4, -0.2) is 16.5 Å². The molecule has 1 aliphatic carbocycles. The Bertz CT molecular complexity index is 1360. The molecule has 0 saturated heterocycles. The van der Waals surface area contributed by atoms with Crippen LogP contribution in [0.15, 0.2) is 41.2 Å². The first-order chi connectivity index (χ1) is 17.7. The summed E-state index contributed by atoms with van der Waals surface area (Å²) in [6.07, 6.45) is 1.72. The highest BCUT2D eigenvalue weighted by atomic mass is 35.5. The van der Waals surface area contributed by atoms with Crippen LogP contribution in [0.4, 0.5) is 21.6 Å². The molecule has 1 aromatic heterocycles. The summed E-state index contributed by atoms with van der Waals surface area (Å²) < 4.78 is 24.9. The minimum Gasteiger partial charge on any atom is -0.454 e. The largest absolute Gasteiger partial charge is 0.454 e. The normalized spacial score (nSPS) is 12.3. The van der Waals surface area contributed by atoms with E-state index >= 15 is 0 Å². The van der Waals surface area contributed by atoms with E-state index in [0.29, 0.717) is 5.69 Å². The quantitative estimate of drug-likeness (QED) is 0.249. The van der Waals surface area contributed by atoms with Gasteiger partial charge in [0.25, 0.3) is 11.5 Å². The fourth-order valence-corrected chi connectivity index (χ4v) is 4.14. The molecule has 1 saturated carbocycles. The van der Waals surface area contributed by atoms with Crippen LogP contribution in [0, 0.1) is 19.7 Å². The third-order valence-electron chi connectivity index (χ3n) is 5.63. The molecule has 1 heterocycles. The van der Waals surface area contributed by atoms with Crippen molar-refractivity contribution in [2.75, 3.05) is 10.0 Å². The van der Waals surface area contributed by atoms with Crippen LogP contribution in [0.2, 0.25) is 5.02 Å². The van der Waals surface area contributed by atoms with E-state index in [1.54, 1.807) is 44.2 Å². The van der Waals surface area contributed by atoms with Crippen molar-refractivity contribution < 1.29 is 13.9 Å². The number of nitrogens with two attached hydrogens (primary N) is 1. The number of anilines is 3. The van der Waals surface area contributed by atoms with Gasteiger partial charge < -0.3 is 20.1 Å². The Labute approximate surface area is 225 Å². The molecule has 3 aromatic rings. The zero-order chi connectivity index (χ0) is 27.3. The predicted octanol–water partition coefficient (Wildman–Crippen LogP) is 6.18. The van der Waals surface area contributed by atoms with E-state index in [4.69, 9.17) is 21.5 Å². The standard InChI is InChI=1S/C24H25ClFN5O3S.C2H6/c1-12-7-10-16(15(26)11-12)29-22-19(23(32)28-14-8-9-14)21(13(2)24(33)31(22)3)34-18-6-4-5-17(20(18)25)30-35-27;1-2/h4-7,10-11,14,29-30H,8-9,27H2,1-3H3,(H,28,32);1-2H3. The molecule has 1 aliphatic rings. The van der Waals surface area contributed by atoms with Crippen molar-refractivity contribution in [3.8, 4) is 11.5 Å². The topological polar surface area (TPSA) is 110 Å². The van der Waals surface area contributed by atoms with Crippen molar-refractivity contribution in [1.82, 2.24) is 9.88 Å². The van der Waals surface area contributed by atoms with E-state index in [1.807, 2.05) is 13.8 Å². The number of aryl methyl sites for hydroxylation is 1. The molecule has 2 aromatic carbocycles. The predicted molar refractivity (Wildman–Crippen MR) is 150 cm³/mol. The first kappa shape index (κ1) is 28.4. The number of pyridine rings is 1. The number of nitrogens with zero attached hydrogens (tertiary/aromatic N) is 1. The summed E-state index contributed by atoms with van der Waals surface area (Å²) in [4.78, 5) is 26.6. The second kappa shape index (κ2) is 12.4. The van der Waals surface area contributed by atoms with Crippen LogP contribution < -0.4 is 30.8 Å². The van der Waals surface area contributed by atoms with Gasteiger partial charge in [0.2, 0.25) is 0 Å². The van der Waals surface area contributed by atoms with Crippen molar-refractivity contribution >= 4 is 46.8 Å². The van der Waals surface area contributed by atoms with Gasteiger partial charge >= 0.3 is 0 Å². The molecule has 0 aliphatic heterocycles. The number of carbonyl (C=O) groups is 1. The summed E-state index contributed by atoms with van der Waals surface area (Å²) in [5.74, 6) is -0.621. The average molecular weight is 548 g/mol. The van der Waals surface area contributed by atoms with Crippen LogP contribution in [0.1, 0.15) is 48.2 Å². The number of carbonyl (C=O) groups excluding carboxylic acids is 1. The van der Waals surface area contributed by atoms with Crippen molar-refractivity contribution in [2.24, 2.45) is 12.2 Å². The molecule has 5 N–H and O–H groups in total. The van der Waals surface area contributed by atoms with E-state index in [-0.39, 0.29) is 45.2 Å². The molecule has 198 valence electrons. The van der Waals surface area contributed by atoms with Gasteiger partial charge in [-0.25, -0.2) is 4.39 Å². The van der Waals surface area contributed by atoms with Gasteiger partial charge in [-0.05, 0) is 56.5 Å². The van der Waals surface area contributed by atoms with E-state index in [1.165, 1.54) is 17.7 Å². The van der Waals surface area contributed by atoms with E-state index < -0.39 is 17.3 Å². The number of hydrogen-bond donors (Lipinski definition) is 4. The third kappa shape index (κ3) is 6.38. The minimum absolute atomic E-state index is 0.0284. The van der Waals surface area contributed by atoms with Gasteiger partial charge in [-0.3, -0.25) is 19.3 Å². The van der Waals surface area contributed by atoms with E-state index in [0.717, 1.165) is 30.5 Å². The van der Waals surface area contributed by atoms with E-state index in [9.17, 15) is 14.0 Å². The molecule has 0 unspecified atom stereocenters. The van der Waals surface area contributed by atoms with Gasteiger partial charge in [0.1, 0.15) is 28.0 Å². The summed E-state index contributed by atoms with van der Waals surface area (Å²) in [7, 11) is 1.51. The average Bonchev–Trinajstić information content (AvgIpc) is 3.69. The number of nitrogens with one attached hydrogen (secondary N) is 3. The number of benzene rings is 2. The molecule has 8 nitrogen and oxygen atoms in total. The Kier molecular flexibility index (Phi) is 9.47. The smallest absolute Gasteiger partial charge is 0.259 e. The SMILES string of the molecule is CC.Cc1ccc(Nc2c(C(=O)NC3CC3)c(Oc3cccc(NSN)c3Cl)c(C)c(=O)n2C)c(F)c1. The van der Waals surface area contributed by atoms with Gasteiger partial charge in [0, 0.05) is 25.2 Å². The van der Waals surface area contributed by atoms with Crippen LogP contribution >= 0.6 is 23.7 Å². The Hall–Kier alpha value is -3.21. The molecular formula is C26H31ClFN5O3S. The van der Waals surface area contributed by atoms with Crippen LogP contribution in [0.5, 0.6) is 11.5 Å². The zero-order valence-electron chi connectivity index (χ0n) is 21.4. The molecule has 0 atom stereocenters. The highest BCUT2D eigenvalue weighted by Gasteiger charge is 2.31. The molecule has 0 radical (unpaired) electrons. The highest BCUT2D eigenvalue weighted by molar-refractivity contribution is 7.98. The molecule has 1 fully saturated rings. The molecule has 37 heavy (non-hydrogen) atoms. The Balaban J connectivity index is 0.00000186. The molecular weight excluding hydrogens is 517 g/mol. The molecule has 11 heteroatoms. The van der Waals surface area contributed by atoms with E-state index in [2.05, 4.69) is 15.4 Å². The van der Waals surface area contributed by atoms with Crippen molar-refractivity contribution in [1.29, 1.82) is 0 Å². The molecule has 0 spiro atoms. The lowest BCUT2D eigenvalue weighted by molar-refractivity contribution is 0.0948. The zero-order valence-corrected chi connectivity index (χ0v) is 22.9. The van der Waals surface area contributed by atoms with Gasteiger partial charge in [0.05, 0.1) is 16.9 Å². The Morgan fingerprint density at radius 3 is 2.51 bits per heavy atom. The molecule has 4 rings (SSSR count). The lowest BCUT2D eigenvalue weighted by Gasteiger charge is -2.22. The maximum absolute atomic E-state index is 14.7. The summed E-state index contributed by atoms with van der Waals surface area (Å²) in [5.41, 5.74) is 1.21. The number of amides is 1. The summed E-state index contributed by atoms with van der Waals surface area (Å²) in [6, 6.07) is 9.70. The first-order valence-electron chi connectivity index (χ1n) is 11.9. The van der Waals surface area contributed by atoms with Crippen molar-refractivity contribution in [2.45, 2.75) is 46.6 Å². The third-order valence-corrected chi connectivity index (χ3v) is 6.35. The fourth-order valence-electron chi connectivity index (χ4n) is 3.57. The molecule has 1 amide bonds. The monoisotopic (exact) mass is 547 g/mol. The molecule has 0 bridgehead atoms. The second-order valence-corrected chi connectivity index (χ2v) is 9.16. The van der Waals surface area contributed by atoms with Gasteiger partial charge in [-0.1, -0.05) is 37.6 Å². The number of aromatic nitrogens is 1. The van der Waals surface area contributed by atoms with Gasteiger partial charge in [0.15, 0.2) is 5.75 Å². The highest BCUT2D eigenvalue weighted by Crippen LogP contribution is 2.40. The van der Waals surface area contributed by atoms with Crippen LogP contribution in [-0.2, 0) is 7.05 Å². The van der Waals surface area contributed by atoms with Crippen LogP contribution in [0.3, 0.4) is 0 Å². The number of ether oxygens (including phenoxy) is 1. The summed E-state index contributed by atoms with van der Waals surface area (Å²) in [5, 5.41) is 11.6. The summed E-state index contributed by atoms with van der Waals surface area (Å²) in [6.45, 7) is 7.33. The minimum atomic E-state index is -0.518. The Morgan fingerprint density at radius 1 is 1.19 bits per heavy atom. The lowest BCUT2D eigenvalue weighted by Crippen LogP contribution is -2.31.